The Bertz CT molecular complexity index is 1680. The minimum Gasteiger partial charge on any atom is -0.489 e. The molecule has 0 fully saturated rings. The van der Waals surface area contributed by atoms with Crippen molar-refractivity contribution in [3.63, 3.8) is 0 Å². The third-order valence-electron chi connectivity index (χ3n) is 5.79. The monoisotopic (exact) mass is 557 g/mol. The summed E-state index contributed by atoms with van der Waals surface area (Å²) in [6, 6.07) is 20.5. The van der Waals surface area contributed by atoms with Gasteiger partial charge >= 0.3 is 11.9 Å². The molecule has 0 atom stereocenters. The van der Waals surface area contributed by atoms with Crippen LogP contribution in [0, 0.1) is 11.8 Å². The second-order valence-corrected chi connectivity index (χ2v) is 10.2. The van der Waals surface area contributed by atoms with Gasteiger partial charge in [-0.1, -0.05) is 42.2 Å². The molecule has 0 spiro atoms. The topological polar surface area (TPSA) is 108 Å². The first-order valence-electron chi connectivity index (χ1n) is 12.4. The molecular weight excluding hydrogens is 530 g/mol. The first kappa shape index (κ1) is 28.3. The van der Waals surface area contributed by atoms with E-state index in [1.54, 1.807) is 18.2 Å². The molecule has 1 aromatic heterocycles. The highest BCUT2D eigenvalue weighted by atomic mass is 32.1. The van der Waals surface area contributed by atoms with Crippen molar-refractivity contribution in [3.8, 4) is 17.6 Å². The molecule has 8 nitrogen and oxygen atoms in total. The average Bonchev–Trinajstić information content (AvgIpc) is 2.93. The van der Waals surface area contributed by atoms with Gasteiger partial charge in [-0.2, -0.15) is 0 Å². The molecule has 0 unspecified atom stereocenters. The maximum Gasteiger partial charge on any atom is 0.302 e. The molecule has 9 heteroatoms. The Balaban J connectivity index is 1.70. The highest BCUT2D eigenvalue weighted by molar-refractivity contribution is 7.24. The molecule has 1 N–H and O–H groups in total. The van der Waals surface area contributed by atoms with E-state index in [0.29, 0.717) is 28.7 Å². The van der Waals surface area contributed by atoms with E-state index in [-0.39, 0.29) is 18.6 Å². The van der Waals surface area contributed by atoms with E-state index < -0.39 is 23.4 Å². The largest absolute Gasteiger partial charge is 0.489 e. The van der Waals surface area contributed by atoms with E-state index >= 15 is 0 Å². The van der Waals surface area contributed by atoms with Gasteiger partial charge in [0.15, 0.2) is 11.0 Å². The van der Waals surface area contributed by atoms with Crippen LogP contribution in [0.25, 0.3) is 20.2 Å². The second-order valence-electron chi connectivity index (χ2n) is 9.15. The highest BCUT2D eigenvalue weighted by Crippen LogP contribution is 2.28. The first-order chi connectivity index (χ1) is 19.1. The lowest BCUT2D eigenvalue weighted by Gasteiger charge is -2.28. The molecule has 4 rings (SSSR count). The Morgan fingerprint density at radius 2 is 1.48 bits per heavy atom. The molecule has 0 aliphatic carbocycles. The molecule has 40 heavy (non-hydrogen) atoms. The van der Waals surface area contributed by atoms with Crippen LogP contribution in [0.4, 0.5) is 0 Å². The van der Waals surface area contributed by atoms with Crippen molar-refractivity contribution in [2.24, 2.45) is 0 Å². The number of esters is 2. The third kappa shape index (κ3) is 7.24. The minimum absolute atomic E-state index is 0.162. The molecule has 1 amide bonds. The second kappa shape index (κ2) is 12.5. The SMILES string of the molecule is CC(=O)NC(C#Cc1ccc2sc3ccc(OCc4ccccc4)cc3c(=O)c2c1)(COC(C)=O)COC(C)=O. The minimum atomic E-state index is -1.48. The van der Waals surface area contributed by atoms with Gasteiger partial charge in [-0.05, 0) is 42.0 Å². The summed E-state index contributed by atoms with van der Waals surface area (Å²) < 4.78 is 17.8. The van der Waals surface area contributed by atoms with Crippen molar-refractivity contribution < 1.29 is 28.6 Å². The van der Waals surface area contributed by atoms with Crippen LogP contribution in [-0.4, -0.2) is 36.6 Å². The third-order valence-corrected chi connectivity index (χ3v) is 6.94. The molecule has 0 saturated carbocycles. The summed E-state index contributed by atoms with van der Waals surface area (Å²) in [7, 11) is 0. The molecule has 0 radical (unpaired) electrons. The van der Waals surface area contributed by atoms with Gasteiger partial charge in [0.1, 0.15) is 25.6 Å². The molecule has 3 aromatic carbocycles. The number of hydrogen-bond acceptors (Lipinski definition) is 8. The number of fused-ring (bicyclic) bond motifs is 2. The van der Waals surface area contributed by atoms with Crippen molar-refractivity contribution in [1.29, 1.82) is 0 Å². The van der Waals surface area contributed by atoms with E-state index in [4.69, 9.17) is 14.2 Å². The smallest absolute Gasteiger partial charge is 0.302 e. The summed E-state index contributed by atoms with van der Waals surface area (Å²) in [5.41, 5.74) is -0.124. The fourth-order valence-corrected chi connectivity index (χ4v) is 4.97. The number of nitrogens with one attached hydrogen (secondary N) is 1. The predicted octanol–water partition coefficient (Wildman–Crippen LogP) is 4.35. The van der Waals surface area contributed by atoms with Gasteiger partial charge < -0.3 is 19.5 Å². The standard InChI is InChI=1S/C31H27NO7S/c1-20(33)32-31(18-38-21(2)34,19-39-22(3)35)14-13-23-9-11-28-26(15-23)30(36)27-16-25(10-12-29(27)40-28)37-17-24-7-5-4-6-8-24/h4-12,15-16H,17-19H2,1-3H3,(H,32,33). The molecular formula is C31H27NO7S. The lowest BCUT2D eigenvalue weighted by Crippen LogP contribution is -2.54. The molecule has 1 heterocycles. The quantitative estimate of drug-likeness (QED) is 0.195. The first-order valence-corrected chi connectivity index (χ1v) is 13.2. The fourth-order valence-electron chi connectivity index (χ4n) is 3.94. The van der Waals surface area contributed by atoms with Crippen molar-refractivity contribution in [1.82, 2.24) is 5.32 Å². The molecule has 0 aliphatic rings. The summed E-state index contributed by atoms with van der Waals surface area (Å²) >= 11 is 1.48. The molecule has 204 valence electrons. The highest BCUT2D eigenvalue weighted by Gasteiger charge is 2.32. The summed E-state index contributed by atoms with van der Waals surface area (Å²) in [6.07, 6.45) is 0. The van der Waals surface area contributed by atoms with E-state index in [9.17, 15) is 19.2 Å². The Morgan fingerprint density at radius 3 is 2.10 bits per heavy atom. The zero-order chi connectivity index (χ0) is 28.7. The Labute approximate surface area is 234 Å². The van der Waals surface area contributed by atoms with Crippen LogP contribution >= 0.6 is 11.3 Å². The Hall–Kier alpha value is -4.68. The van der Waals surface area contributed by atoms with Crippen LogP contribution in [0.15, 0.2) is 71.5 Å². The van der Waals surface area contributed by atoms with Crippen molar-refractivity contribution in [2.45, 2.75) is 32.9 Å². The van der Waals surface area contributed by atoms with E-state index in [1.165, 1.54) is 32.1 Å². The van der Waals surface area contributed by atoms with Gasteiger partial charge in [-0.25, -0.2) is 0 Å². The number of carbonyl (C=O) groups excluding carboxylic acids is 3. The average molecular weight is 558 g/mol. The zero-order valence-corrected chi connectivity index (χ0v) is 23.1. The number of ether oxygens (including phenoxy) is 3. The van der Waals surface area contributed by atoms with Crippen LogP contribution in [0.1, 0.15) is 31.9 Å². The normalized spacial score (nSPS) is 10.9. The molecule has 0 saturated heterocycles. The maximum atomic E-state index is 13.5. The lowest BCUT2D eigenvalue weighted by molar-refractivity contribution is -0.148. The van der Waals surface area contributed by atoms with Crippen molar-refractivity contribution >= 4 is 49.4 Å². The predicted molar refractivity (Wildman–Crippen MR) is 153 cm³/mol. The Kier molecular flexibility index (Phi) is 8.82. The van der Waals surface area contributed by atoms with Crippen LogP contribution < -0.4 is 15.5 Å². The van der Waals surface area contributed by atoms with Crippen molar-refractivity contribution in [2.75, 3.05) is 13.2 Å². The van der Waals surface area contributed by atoms with E-state index in [1.807, 2.05) is 48.5 Å². The number of benzene rings is 3. The summed E-state index contributed by atoms with van der Waals surface area (Å²) in [5.74, 6) is 4.82. The van der Waals surface area contributed by atoms with Crippen LogP contribution in [0.5, 0.6) is 5.75 Å². The number of hydrogen-bond donors (Lipinski definition) is 1. The van der Waals surface area contributed by atoms with E-state index in [0.717, 1.165) is 15.0 Å². The number of amides is 1. The summed E-state index contributed by atoms with van der Waals surface area (Å²) in [5, 5.41) is 3.65. The zero-order valence-electron chi connectivity index (χ0n) is 22.2. The Morgan fingerprint density at radius 1 is 0.850 bits per heavy atom. The summed E-state index contributed by atoms with van der Waals surface area (Å²) in [6.45, 7) is 3.44. The van der Waals surface area contributed by atoms with Gasteiger partial charge in [0, 0.05) is 46.5 Å². The molecule has 4 aromatic rings. The molecule has 0 bridgehead atoms. The van der Waals surface area contributed by atoms with Gasteiger partial charge in [-0.3, -0.25) is 19.2 Å². The lowest BCUT2D eigenvalue weighted by atomic mass is 10.0. The van der Waals surface area contributed by atoms with Crippen molar-refractivity contribution in [3.05, 3.63) is 88.1 Å². The van der Waals surface area contributed by atoms with Crippen LogP contribution in [0.3, 0.4) is 0 Å². The van der Waals surface area contributed by atoms with Gasteiger partial charge in [0.05, 0.1) is 0 Å². The fraction of sp³-hybridized carbons (Fsp3) is 0.226. The van der Waals surface area contributed by atoms with Gasteiger partial charge in [0.25, 0.3) is 0 Å². The maximum absolute atomic E-state index is 13.5. The van der Waals surface area contributed by atoms with E-state index in [2.05, 4.69) is 17.2 Å². The summed E-state index contributed by atoms with van der Waals surface area (Å²) in [4.78, 5) is 48.4. The van der Waals surface area contributed by atoms with Crippen LogP contribution in [0.2, 0.25) is 0 Å². The van der Waals surface area contributed by atoms with Crippen LogP contribution in [-0.2, 0) is 30.5 Å². The van der Waals surface area contributed by atoms with Gasteiger partial charge in [0.2, 0.25) is 5.91 Å². The number of carbonyl (C=O) groups is 3. The van der Waals surface area contributed by atoms with Gasteiger partial charge in [-0.15, -0.1) is 11.3 Å². The number of rotatable bonds is 8. The molecule has 0 aliphatic heterocycles.